The van der Waals surface area contributed by atoms with Crippen LogP contribution in [0.15, 0.2) is 48.5 Å². The summed E-state index contributed by atoms with van der Waals surface area (Å²) in [6.45, 7) is 4.74. The van der Waals surface area contributed by atoms with Gasteiger partial charge in [0.1, 0.15) is 5.75 Å². The summed E-state index contributed by atoms with van der Waals surface area (Å²) in [6, 6.07) is 15.3. The zero-order valence-corrected chi connectivity index (χ0v) is 16.3. The predicted molar refractivity (Wildman–Crippen MR) is 110 cm³/mol. The smallest absolute Gasteiger partial charge is 0.319 e. The van der Waals surface area contributed by atoms with Gasteiger partial charge in [0, 0.05) is 31.9 Å². The molecule has 2 N–H and O–H groups in total. The maximum atomic E-state index is 12.4. The molecular formula is C21H26N4O3. The summed E-state index contributed by atoms with van der Waals surface area (Å²) in [5, 5.41) is 5.37. The first-order valence-corrected chi connectivity index (χ1v) is 9.34. The first-order valence-electron chi connectivity index (χ1n) is 9.34. The van der Waals surface area contributed by atoms with Crippen LogP contribution in [0.5, 0.6) is 5.75 Å². The molecule has 0 radical (unpaired) electrons. The number of ether oxygens (including phenoxy) is 1. The van der Waals surface area contributed by atoms with Crippen molar-refractivity contribution in [1.29, 1.82) is 0 Å². The van der Waals surface area contributed by atoms with Gasteiger partial charge in [0.2, 0.25) is 5.91 Å². The lowest BCUT2D eigenvalue weighted by Crippen LogP contribution is -2.51. The molecule has 1 fully saturated rings. The van der Waals surface area contributed by atoms with Crippen molar-refractivity contribution in [2.75, 3.05) is 50.1 Å². The van der Waals surface area contributed by atoms with Gasteiger partial charge in [-0.2, -0.15) is 0 Å². The molecule has 1 heterocycles. The lowest BCUT2D eigenvalue weighted by molar-refractivity contribution is -0.130. The fraction of sp³-hybridized carbons (Fsp3) is 0.333. The number of para-hydroxylation sites is 1. The summed E-state index contributed by atoms with van der Waals surface area (Å²) >= 11 is 0. The molecular weight excluding hydrogens is 356 g/mol. The number of nitrogens with zero attached hydrogens (tertiary/aromatic N) is 2. The van der Waals surface area contributed by atoms with Gasteiger partial charge in [-0.1, -0.05) is 24.3 Å². The van der Waals surface area contributed by atoms with E-state index >= 15 is 0 Å². The van der Waals surface area contributed by atoms with Gasteiger partial charge in [-0.3, -0.25) is 4.79 Å². The van der Waals surface area contributed by atoms with Crippen LogP contribution in [0.1, 0.15) is 5.56 Å². The number of methoxy groups -OCH3 is 1. The molecule has 148 valence electrons. The molecule has 0 bridgehead atoms. The minimum Gasteiger partial charge on any atom is -0.495 e. The van der Waals surface area contributed by atoms with Crippen LogP contribution >= 0.6 is 0 Å². The SMILES string of the molecule is COc1ccc(C)cc1NC(=O)NCC(=O)N1CCN(c2ccccc2)CC1. The first-order chi connectivity index (χ1) is 13.6. The fourth-order valence-corrected chi connectivity index (χ4v) is 3.21. The lowest BCUT2D eigenvalue weighted by atomic mass is 10.2. The van der Waals surface area contributed by atoms with Crippen molar-refractivity contribution < 1.29 is 14.3 Å². The number of carbonyl (C=O) groups is 2. The molecule has 28 heavy (non-hydrogen) atoms. The number of carbonyl (C=O) groups excluding carboxylic acids is 2. The molecule has 7 heteroatoms. The Hall–Kier alpha value is -3.22. The standard InChI is InChI=1S/C21H26N4O3/c1-16-8-9-19(28-2)18(14-16)23-21(27)22-15-20(26)25-12-10-24(11-13-25)17-6-4-3-5-7-17/h3-9,14H,10-13,15H2,1-2H3,(H2,22,23,27). The molecule has 2 aromatic rings. The van der Waals surface area contributed by atoms with Crippen LogP contribution < -0.4 is 20.3 Å². The Bertz CT molecular complexity index is 818. The second kappa shape index (κ2) is 9.12. The summed E-state index contributed by atoms with van der Waals surface area (Å²) in [6.07, 6.45) is 0. The number of amides is 3. The van der Waals surface area contributed by atoms with Crippen molar-refractivity contribution in [3.05, 3.63) is 54.1 Å². The second-order valence-corrected chi connectivity index (χ2v) is 6.71. The molecule has 1 aliphatic rings. The van der Waals surface area contributed by atoms with Crippen LogP contribution in [0.2, 0.25) is 0 Å². The van der Waals surface area contributed by atoms with E-state index in [1.807, 2.05) is 37.3 Å². The first kappa shape index (κ1) is 19.5. The summed E-state index contributed by atoms with van der Waals surface area (Å²) < 4.78 is 5.25. The molecule has 1 saturated heterocycles. The molecule has 3 rings (SSSR count). The number of urea groups is 1. The highest BCUT2D eigenvalue weighted by atomic mass is 16.5. The average Bonchev–Trinajstić information content (AvgIpc) is 2.73. The van der Waals surface area contributed by atoms with Crippen LogP contribution in [0.3, 0.4) is 0 Å². The number of rotatable bonds is 5. The van der Waals surface area contributed by atoms with E-state index in [2.05, 4.69) is 27.7 Å². The molecule has 7 nitrogen and oxygen atoms in total. The molecule has 0 aliphatic carbocycles. The maximum Gasteiger partial charge on any atom is 0.319 e. The largest absolute Gasteiger partial charge is 0.495 e. The van der Waals surface area contributed by atoms with Crippen molar-refractivity contribution in [3.63, 3.8) is 0 Å². The predicted octanol–water partition coefficient (Wildman–Crippen LogP) is 2.47. The van der Waals surface area contributed by atoms with E-state index in [-0.39, 0.29) is 12.5 Å². The van der Waals surface area contributed by atoms with Gasteiger partial charge in [-0.05, 0) is 36.8 Å². The highest BCUT2D eigenvalue weighted by Gasteiger charge is 2.21. The van der Waals surface area contributed by atoms with E-state index in [0.717, 1.165) is 18.7 Å². The Morgan fingerprint density at radius 3 is 2.43 bits per heavy atom. The number of nitrogens with one attached hydrogen (secondary N) is 2. The van der Waals surface area contributed by atoms with E-state index in [4.69, 9.17) is 4.74 Å². The molecule has 1 aliphatic heterocycles. The minimum atomic E-state index is -0.430. The Balaban J connectivity index is 1.46. The average molecular weight is 382 g/mol. The summed E-state index contributed by atoms with van der Waals surface area (Å²) in [5.41, 5.74) is 2.74. The second-order valence-electron chi connectivity index (χ2n) is 6.71. The molecule has 0 aromatic heterocycles. The highest BCUT2D eigenvalue weighted by molar-refractivity contribution is 5.93. The Morgan fingerprint density at radius 1 is 1.04 bits per heavy atom. The van der Waals surface area contributed by atoms with Crippen molar-refractivity contribution in [2.45, 2.75) is 6.92 Å². The third-order valence-corrected chi connectivity index (χ3v) is 4.76. The molecule has 0 unspecified atom stereocenters. The topological polar surface area (TPSA) is 73.9 Å². The van der Waals surface area contributed by atoms with E-state index in [9.17, 15) is 9.59 Å². The van der Waals surface area contributed by atoms with Gasteiger partial charge in [0.15, 0.2) is 0 Å². The molecule has 0 atom stereocenters. The quantitative estimate of drug-likeness (QED) is 0.833. The number of benzene rings is 2. The number of hydrogen-bond acceptors (Lipinski definition) is 4. The number of piperazine rings is 1. The van der Waals surface area contributed by atoms with Crippen LogP contribution in [0.4, 0.5) is 16.2 Å². The van der Waals surface area contributed by atoms with E-state index in [0.29, 0.717) is 24.5 Å². The van der Waals surface area contributed by atoms with Crippen molar-refractivity contribution in [3.8, 4) is 5.75 Å². The monoisotopic (exact) mass is 382 g/mol. The number of aryl methyl sites for hydroxylation is 1. The zero-order chi connectivity index (χ0) is 19.9. The third-order valence-electron chi connectivity index (χ3n) is 4.76. The third kappa shape index (κ3) is 4.94. The molecule has 3 amide bonds. The maximum absolute atomic E-state index is 12.4. The highest BCUT2D eigenvalue weighted by Crippen LogP contribution is 2.24. The van der Waals surface area contributed by atoms with Gasteiger partial charge in [-0.25, -0.2) is 4.79 Å². The van der Waals surface area contributed by atoms with Crippen molar-refractivity contribution in [2.24, 2.45) is 0 Å². The minimum absolute atomic E-state index is 0.0364. The van der Waals surface area contributed by atoms with E-state index in [1.165, 1.54) is 5.69 Å². The van der Waals surface area contributed by atoms with Crippen LogP contribution in [-0.2, 0) is 4.79 Å². The van der Waals surface area contributed by atoms with Crippen molar-refractivity contribution >= 4 is 23.3 Å². The van der Waals surface area contributed by atoms with E-state index in [1.54, 1.807) is 18.1 Å². The normalized spacial score (nSPS) is 13.8. The summed E-state index contributed by atoms with van der Waals surface area (Å²) in [4.78, 5) is 28.6. The summed E-state index contributed by atoms with van der Waals surface area (Å²) in [7, 11) is 1.55. The Morgan fingerprint density at radius 2 is 1.75 bits per heavy atom. The van der Waals surface area contributed by atoms with Gasteiger partial charge >= 0.3 is 6.03 Å². The number of hydrogen-bond donors (Lipinski definition) is 2. The van der Waals surface area contributed by atoms with Crippen LogP contribution in [0, 0.1) is 6.92 Å². The zero-order valence-electron chi connectivity index (χ0n) is 16.3. The fourth-order valence-electron chi connectivity index (χ4n) is 3.21. The van der Waals surface area contributed by atoms with Crippen LogP contribution in [0.25, 0.3) is 0 Å². The van der Waals surface area contributed by atoms with Gasteiger partial charge in [0.25, 0.3) is 0 Å². The Labute approximate surface area is 165 Å². The molecule has 2 aromatic carbocycles. The molecule has 0 saturated carbocycles. The molecule has 0 spiro atoms. The van der Waals surface area contributed by atoms with E-state index < -0.39 is 6.03 Å². The Kier molecular flexibility index (Phi) is 6.37. The van der Waals surface area contributed by atoms with Gasteiger partial charge < -0.3 is 25.2 Å². The van der Waals surface area contributed by atoms with Gasteiger partial charge in [0.05, 0.1) is 19.3 Å². The van der Waals surface area contributed by atoms with Gasteiger partial charge in [-0.15, -0.1) is 0 Å². The van der Waals surface area contributed by atoms with Crippen LogP contribution in [-0.4, -0.2) is 56.7 Å². The lowest BCUT2D eigenvalue weighted by Gasteiger charge is -2.36. The van der Waals surface area contributed by atoms with Crippen molar-refractivity contribution in [1.82, 2.24) is 10.2 Å². The number of anilines is 2. The summed E-state index contributed by atoms with van der Waals surface area (Å²) in [5.74, 6) is 0.489.